The van der Waals surface area contributed by atoms with Gasteiger partial charge < -0.3 is 4.74 Å². The van der Waals surface area contributed by atoms with E-state index in [1.807, 2.05) is 0 Å². The van der Waals surface area contributed by atoms with E-state index in [9.17, 15) is 13.2 Å². The van der Waals surface area contributed by atoms with E-state index in [2.05, 4.69) is 9.71 Å². The van der Waals surface area contributed by atoms with Crippen LogP contribution in [0.25, 0.3) is 10.9 Å². The normalized spacial score (nSPS) is 12.0. The standard InChI is InChI=1S/C16H22ClN3O4S2/c1-18-26(22,23)10-4-9-25-16-19-14-11-12(17)5-6-13(14)15(21)20(16)7-3-8-24-2/h5-6,11,18H,3-4,7-10H2,1-2H3. The Morgan fingerprint density at radius 1 is 1.35 bits per heavy atom. The van der Waals surface area contributed by atoms with Crippen LogP contribution in [-0.4, -0.2) is 50.2 Å². The van der Waals surface area contributed by atoms with Crippen LogP contribution in [0.2, 0.25) is 5.02 Å². The van der Waals surface area contributed by atoms with E-state index in [0.29, 0.717) is 52.8 Å². The van der Waals surface area contributed by atoms with Crippen molar-refractivity contribution in [3.05, 3.63) is 33.6 Å². The molecule has 0 unspecified atom stereocenters. The minimum atomic E-state index is -3.24. The van der Waals surface area contributed by atoms with E-state index in [0.717, 1.165) is 0 Å². The van der Waals surface area contributed by atoms with Crippen molar-refractivity contribution in [3.8, 4) is 0 Å². The minimum Gasteiger partial charge on any atom is -0.385 e. The molecule has 0 atom stereocenters. The van der Waals surface area contributed by atoms with Gasteiger partial charge in [-0.15, -0.1) is 0 Å². The highest BCUT2D eigenvalue weighted by molar-refractivity contribution is 7.99. The molecule has 0 saturated heterocycles. The Bertz CT molecular complexity index is 916. The molecule has 0 fully saturated rings. The van der Waals surface area contributed by atoms with Crippen LogP contribution in [0.4, 0.5) is 0 Å². The molecular formula is C16H22ClN3O4S2. The van der Waals surface area contributed by atoms with Crippen molar-refractivity contribution in [2.75, 3.05) is 32.3 Å². The molecule has 26 heavy (non-hydrogen) atoms. The number of aromatic nitrogens is 2. The summed E-state index contributed by atoms with van der Waals surface area (Å²) in [4.78, 5) is 17.4. The minimum absolute atomic E-state index is 0.0316. The fourth-order valence-corrected chi connectivity index (χ4v) is 4.40. The van der Waals surface area contributed by atoms with Crippen LogP contribution >= 0.6 is 23.4 Å². The number of sulfonamides is 1. The van der Waals surface area contributed by atoms with Crippen LogP contribution in [0.5, 0.6) is 0 Å². The number of thioether (sulfide) groups is 1. The lowest BCUT2D eigenvalue weighted by Crippen LogP contribution is -2.24. The van der Waals surface area contributed by atoms with Gasteiger partial charge >= 0.3 is 0 Å². The molecule has 1 N–H and O–H groups in total. The van der Waals surface area contributed by atoms with E-state index in [4.69, 9.17) is 16.3 Å². The zero-order valence-corrected chi connectivity index (χ0v) is 17.1. The lowest BCUT2D eigenvalue weighted by atomic mass is 10.2. The first-order valence-electron chi connectivity index (χ1n) is 8.11. The predicted octanol–water partition coefficient (Wildman–Crippen LogP) is 2.12. The van der Waals surface area contributed by atoms with Gasteiger partial charge in [0.2, 0.25) is 10.0 Å². The van der Waals surface area contributed by atoms with Gasteiger partial charge in [-0.05, 0) is 38.1 Å². The number of nitrogens with one attached hydrogen (secondary N) is 1. The molecule has 7 nitrogen and oxygen atoms in total. The highest BCUT2D eigenvalue weighted by Gasteiger charge is 2.13. The largest absolute Gasteiger partial charge is 0.385 e. The first kappa shape index (κ1) is 21.2. The highest BCUT2D eigenvalue weighted by atomic mass is 35.5. The second-order valence-electron chi connectivity index (χ2n) is 5.58. The monoisotopic (exact) mass is 419 g/mol. The fraction of sp³-hybridized carbons (Fsp3) is 0.500. The van der Waals surface area contributed by atoms with Crippen LogP contribution in [0.3, 0.4) is 0 Å². The Labute approximate surface area is 162 Å². The predicted molar refractivity (Wildman–Crippen MR) is 106 cm³/mol. The summed E-state index contributed by atoms with van der Waals surface area (Å²) in [5.74, 6) is 0.563. The third kappa shape index (κ3) is 5.68. The molecule has 0 aliphatic rings. The first-order chi connectivity index (χ1) is 12.4. The summed E-state index contributed by atoms with van der Waals surface area (Å²) in [7, 11) is -0.231. The van der Waals surface area contributed by atoms with Crippen LogP contribution in [0.15, 0.2) is 28.2 Å². The number of benzene rings is 1. The maximum Gasteiger partial charge on any atom is 0.262 e. The molecule has 1 aromatic carbocycles. The zero-order valence-electron chi connectivity index (χ0n) is 14.7. The Morgan fingerprint density at radius 3 is 2.81 bits per heavy atom. The van der Waals surface area contributed by atoms with Crippen molar-refractivity contribution >= 4 is 44.3 Å². The highest BCUT2D eigenvalue weighted by Crippen LogP contribution is 2.21. The van der Waals surface area contributed by atoms with E-state index in [1.165, 1.54) is 18.8 Å². The van der Waals surface area contributed by atoms with Crippen molar-refractivity contribution < 1.29 is 13.2 Å². The van der Waals surface area contributed by atoms with Crippen molar-refractivity contribution in [1.29, 1.82) is 0 Å². The van der Waals surface area contributed by atoms with Gasteiger partial charge in [-0.2, -0.15) is 0 Å². The molecule has 0 aliphatic heterocycles. The van der Waals surface area contributed by atoms with Crippen molar-refractivity contribution in [1.82, 2.24) is 14.3 Å². The van der Waals surface area contributed by atoms with Gasteiger partial charge in [0.25, 0.3) is 5.56 Å². The zero-order chi connectivity index (χ0) is 19.2. The number of hydrogen-bond donors (Lipinski definition) is 1. The Kier molecular flexibility index (Phi) is 7.90. The number of rotatable bonds is 10. The molecule has 144 valence electrons. The second-order valence-corrected chi connectivity index (χ2v) is 9.13. The molecule has 10 heteroatoms. The summed E-state index contributed by atoms with van der Waals surface area (Å²) in [5.41, 5.74) is 0.406. The molecule has 0 aliphatic carbocycles. The van der Waals surface area contributed by atoms with Gasteiger partial charge in [-0.3, -0.25) is 9.36 Å². The fourth-order valence-electron chi connectivity index (χ4n) is 2.36. The summed E-state index contributed by atoms with van der Waals surface area (Å²) >= 11 is 7.38. The summed E-state index contributed by atoms with van der Waals surface area (Å²) in [6, 6.07) is 5.00. The molecular weight excluding hydrogens is 398 g/mol. The lowest BCUT2D eigenvalue weighted by molar-refractivity contribution is 0.189. The van der Waals surface area contributed by atoms with Crippen LogP contribution in [0.1, 0.15) is 12.8 Å². The molecule has 2 aromatic rings. The van der Waals surface area contributed by atoms with E-state index < -0.39 is 10.0 Å². The van der Waals surface area contributed by atoms with Crippen molar-refractivity contribution in [3.63, 3.8) is 0 Å². The molecule has 0 spiro atoms. The number of ether oxygens (including phenoxy) is 1. The third-order valence-electron chi connectivity index (χ3n) is 3.71. The Morgan fingerprint density at radius 2 is 2.12 bits per heavy atom. The van der Waals surface area contributed by atoms with Crippen LogP contribution in [-0.2, 0) is 21.3 Å². The third-order valence-corrected chi connectivity index (χ3v) is 6.46. The van der Waals surface area contributed by atoms with Crippen LogP contribution < -0.4 is 10.3 Å². The molecule has 0 amide bonds. The molecule has 1 aromatic heterocycles. The van der Waals surface area contributed by atoms with Gasteiger partial charge in [0.1, 0.15) is 0 Å². The summed E-state index contributed by atoms with van der Waals surface area (Å²) in [6.45, 7) is 1.02. The van der Waals surface area contributed by atoms with Gasteiger partial charge in [-0.25, -0.2) is 18.1 Å². The maximum absolute atomic E-state index is 12.8. The lowest BCUT2D eigenvalue weighted by Gasteiger charge is -2.13. The smallest absolute Gasteiger partial charge is 0.262 e. The quantitative estimate of drug-likeness (QED) is 0.360. The number of halogens is 1. The topological polar surface area (TPSA) is 90.3 Å². The van der Waals surface area contributed by atoms with E-state index in [1.54, 1.807) is 29.9 Å². The molecule has 0 bridgehead atoms. The summed E-state index contributed by atoms with van der Waals surface area (Å²) < 4.78 is 32.0. The number of methoxy groups -OCH3 is 1. The van der Waals surface area contributed by atoms with Crippen molar-refractivity contribution in [2.45, 2.75) is 24.5 Å². The Hall–Kier alpha value is -1.13. The maximum atomic E-state index is 12.8. The van der Waals surface area contributed by atoms with E-state index >= 15 is 0 Å². The molecule has 0 saturated carbocycles. The average molecular weight is 420 g/mol. The number of nitrogens with zero attached hydrogens (tertiary/aromatic N) is 2. The molecule has 1 heterocycles. The molecule has 0 radical (unpaired) electrons. The number of hydrogen-bond acceptors (Lipinski definition) is 6. The van der Waals surface area contributed by atoms with Gasteiger partial charge in [0.05, 0.1) is 16.7 Å². The summed E-state index contributed by atoms with van der Waals surface area (Å²) in [6.07, 6.45) is 1.13. The first-order valence-corrected chi connectivity index (χ1v) is 11.1. The number of fused-ring (bicyclic) bond motifs is 1. The van der Waals surface area contributed by atoms with Gasteiger partial charge in [-0.1, -0.05) is 23.4 Å². The van der Waals surface area contributed by atoms with Gasteiger partial charge in [0, 0.05) is 31.0 Å². The SMILES string of the molecule is CNS(=O)(=O)CCCSc1nc2cc(Cl)ccc2c(=O)n1CCCOC. The van der Waals surface area contributed by atoms with E-state index in [-0.39, 0.29) is 11.3 Å². The average Bonchev–Trinajstić information content (AvgIpc) is 2.61. The Balaban J connectivity index is 2.26. The summed E-state index contributed by atoms with van der Waals surface area (Å²) in [5, 5.41) is 1.58. The van der Waals surface area contributed by atoms with Crippen LogP contribution in [0, 0.1) is 0 Å². The second kappa shape index (κ2) is 9.70. The molecule has 2 rings (SSSR count). The van der Waals surface area contributed by atoms with Gasteiger partial charge in [0.15, 0.2) is 5.16 Å². The van der Waals surface area contributed by atoms with Crippen molar-refractivity contribution in [2.24, 2.45) is 0 Å².